The summed E-state index contributed by atoms with van der Waals surface area (Å²) < 4.78 is 5.74. The van der Waals surface area contributed by atoms with Gasteiger partial charge in [-0.3, -0.25) is 9.69 Å². The van der Waals surface area contributed by atoms with Gasteiger partial charge >= 0.3 is 0 Å². The number of benzene rings is 2. The Labute approximate surface area is 165 Å². The van der Waals surface area contributed by atoms with Crippen LogP contribution in [0, 0.1) is 0 Å². The molecular formula is C21H26ClN3O2. The summed E-state index contributed by atoms with van der Waals surface area (Å²) in [4.78, 5) is 16.8. The van der Waals surface area contributed by atoms with Gasteiger partial charge in [0.25, 0.3) is 0 Å². The number of para-hydroxylation sites is 2. The van der Waals surface area contributed by atoms with Crippen LogP contribution in [0.4, 0.5) is 5.69 Å². The van der Waals surface area contributed by atoms with Crippen molar-refractivity contribution in [1.29, 1.82) is 0 Å². The van der Waals surface area contributed by atoms with Crippen LogP contribution in [-0.2, 0) is 11.3 Å². The van der Waals surface area contributed by atoms with E-state index in [4.69, 9.17) is 16.3 Å². The molecule has 2 aromatic rings. The molecular weight excluding hydrogens is 362 g/mol. The zero-order valence-electron chi connectivity index (χ0n) is 15.7. The Balaban J connectivity index is 1.47. The number of nitrogens with one attached hydrogen (secondary N) is 1. The number of ether oxygens (including phenoxy) is 1. The molecule has 144 valence electrons. The van der Waals surface area contributed by atoms with E-state index in [0.717, 1.165) is 43.2 Å². The van der Waals surface area contributed by atoms with Gasteiger partial charge in [0.1, 0.15) is 5.75 Å². The number of nitrogens with zero attached hydrogens (tertiary/aromatic N) is 2. The molecule has 0 radical (unpaired) electrons. The third-order valence-electron chi connectivity index (χ3n) is 4.68. The molecule has 1 fully saturated rings. The molecule has 1 aliphatic heterocycles. The summed E-state index contributed by atoms with van der Waals surface area (Å²) in [5.41, 5.74) is 2.06. The number of halogens is 1. The maximum Gasteiger partial charge on any atom is 0.234 e. The molecule has 0 bridgehead atoms. The van der Waals surface area contributed by atoms with E-state index in [0.29, 0.717) is 24.7 Å². The second kappa shape index (κ2) is 9.62. The summed E-state index contributed by atoms with van der Waals surface area (Å²) in [6.07, 6.45) is 0. The second-order valence-corrected chi connectivity index (χ2v) is 6.94. The number of anilines is 1. The molecule has 0 aromatic heterocycles. The summed E-state index contributed by atoms with van der Waals surface area (Å²) in [5.74, 6) is 0.948. The number of hydrogen-bond donors (Lipinski definition) is 1. The maximum atomic E-state index is 12.3. The largest absolute Gasteiger partial charge is 0.492 e. The molecule has 0 atom stereocenters. The summed E-state index contributed by atoms with van der Waals surface area (Å²) in [6, 6.07) is 15.7. The number of carbonyl (C=O) groups excluding carboxylic acids is 1. The van der Waals surface area contributed by atoms with E-state index in [-0.39, 0.29) is 5.91 Å². The Morgan fingerprint density at radius 3 is 2.52 bits per heavy atom. The van der Waals surface area contributed by atoms with Crippen LogP contribution in [0.25, 0.3) is 0 Å². The Bertz CT molecular complexity index is 761. The quantitative estimate of drug-likeness (QED) is 0.792. The zero-order valence-corrected chi connectivity index (χ0v) is 16.4. The van der Waals surface area contributed by atoms with Gasteiger partial charge in [-0.2, -0.15) is 0 Å². The SMILES string of the molecule is CCOc1ccccc1N1CCN(CC(=O)NCc2ccccc2Cl)CC1. The predicted molar refractivity (Wildman–Crippen MR) is 110 cm³/mol. The third kappa shape index (κ3) is 5.37. The standard InChI is InChI=1S/C21H26ClN3O2/c1-2-27-20-10-6-5-9-19(20)25-13-11-24(12-14-25)16-21(26)23-15-17-7-3-4-8-18(17)22/h3-10H,2,11-16H2,1H3,(H,23,26). The molecule has 3 rings (SSSR count). The van der Waals surface area contributed by atoms with E-state index < -0.39 is 0 Å². The van der Waals surface area contributed by atoms with Crippen LogP contribution in [0.15, 0.2) is 48.5 Å². The van der Waals surface area contributed by atoms with Crippen molar-refractivity contribution >= 4 is 23.2 Å². The molecule has 0 saturated carbocycles. The molecule has 0 spiro atoms. The lowest BCUT2D eigenvalue weighted by Gasteiger charge is -2.36. The minimum absolute atomic E-state index is 0.0260. The van der Waals surface area contributed by atoms with Crippen LogP contribution in [0.1, 0.15) is 12.5 Å². The molecule has 1 saturated heterocycles. The lowest BCUT2D eigenvalue weighted by Crippen LogP contribution is -2.49. The second-order valence-electron chi connectivity index (χ2n) is 6.53. The first-order valence-electron chi connectivity index (χ1n) is 9.36. The first-order chi connectivity index (χ1) is 13.2. The van der Waals surface area contributed by atoms with Crippen molar-refractivity contribution in [3.63, 3.8) is 0 Å². The number of hydrogen-bond acceptors (Lipinski definition) is 4. The molecule has 1 N–H and O–H groups in total. The summed E-state index contributed by atoms with van der Waals surface area (Å²) in [5, 5.41) is 3.64. The van der Waals surface area contributed by atoms with Gasteiger partial charge in [0.2, 0.25) is 5.91 Å². The molecule has 0 aliphatic carbocycles. The fourth-order valence-corrected chi connectivity index (χ4v) is 3.44. The van der Waals surface area contributed by atoms with Crippen molar-refractivity contribution in [1.82, 2.24) is 10.2 Å². The highest BCUT2D eigenvalue weighted by molar-refractivity contribution is 6.31. The zero-order chi connectivity index (χ0) is 19.1. The van der Waals surface area contributed by atoms with E-state index in [1.807, 2.05) is 49.4 Å². The number of piperazine rings is 1. The van der Waals surface area contributed by atoms with Gasteiger partial charge < -0.3 is 15.0 Å². The smallest absolute Gasteiger partial charge is 0.234 e. The van der Waals surface area contributed by atoms with Crippen molar-refractivity contribution < 1.29 is 9.53 Å². The van der Waals surface area contributed by atoms with Crippen LogP contribution in [0.2, 0.25) is 5.02 Å². The van der Waals surface area contributed by atoms with Crippen molar-refractivity contribution in [2.45, 2.75) is 13.5 Å². The highest BCUT2D eigenvalue weighted by Gasteiger charge is 2.21. The van der Waals surface area contributed by atoms with Gasteiger partial charge in [0.05, 0.1) is 18.8 Å². The fraction of sp³-hybridized carbons (Fsp3) is 0.381. The molecule has 6 heteroatoms. The Hall–Kier alpha value is -2.24. The van der Waals surface area contributed by atoms with E-state index >= 15 is 0 Å². The molecule has 5 nitrogen and oxygen atoms in total. The molecule has 0 unspecified atom stereocenters. The van der Waals surface area contributed by atoms with Crippen molar-refractivity contribution in [2.24, 2.45) is 0 Å². The van der Waals surface area contributed by atoms with Crippen molar-refractivity contribution in [3.8, 4) is 5.75 Å². The van der Waals surface area contributed by atoms with Crippen LogP contribution in [-0.4, -0.2) is 50.1 Å². The highest BCUT2D eigenvalue weighted by atomic mass is 35.5. The van der Waals surface area contributed by atoms with E-state index in [2.05, 4.69) is 21.2 Å². The van der Waals surface area contributed by atoms with Gasteiger partial charge in [0.15, 0.2) is 0 Å². The van der Waals surface area contributed by atoms with Gasteiger partial charge in [0, 0.05) is 37.7 Å². The molecule has 1 amide bonds. The lowest BCUT2D eigenvalue weighted by atomic mass is 10.2. The third-order valence-corrected chi connectivity index (χ3v) is 5.05. The van der Waals surface area contributed by atoms with E-state index in [9.17, 15) is 4.79 Å². The first-order valence-corrected chi connectivity index (χ1v) is 9.74. The van der Waals surface area contributed by atoms with Crippen LogP contribution in [0.5, 0.6) is 5.75 Å². The topological polar surface area (TPSA) is 44.8 Å². The normalized spacial score (nSPS) is 14.8. The summed E-state index contributed by atoms with van der Waals surface area (Å²) >= 11 is 6.13. The molecule has 2 aromatic carbocycles. The monoisotopic (exact) mass is 387 g/mol. The van der Waals surface area contributed by atoms with Gasteiger partial charge in [-0.25, -0.2) is 0 Å². The van der Waals surface area contributed by atoms with Crippen LogP contribution < -0.4 is 15.0 Å². The number of rotatable bonds is 7. The van der Waals surface area contributed by atoms with Gasteiger partial charge in [-0.1, -0.05) is 41.9 Å². The van der Waals surface area contributed by atoms with Crippen molar-refractivity contribution in [3.05, 3.63) is 59.1 Å². The number of amides is 1. The molecule has 27 heavy (non-hydrogen) atoms. The van der Waals surface area contributed by atoms with Gasteiger partial charge in [-0.15, -0.1) is 0 Å². The minimum Gasteiger partial charge on any atom is -0.492 e. The van der Waals surface area contributed by atoms with Crippen LogP contribution in [0.3, 0.4) is 0 Å². The maximum absolute atomic E-state index is 12.3. The van der Waals surface area contributed by atoms with Crippen molar-refractivity contribution in [2.75, 3.05) is 44.2 Å². The lowest BCUT2D eigenvalue weighted by molar-refractivity contribution is -0.122. The minimum atomic E-state index is 0.0260. The Morgan fingerprint density at radius 1 is 1.07 bits per heavy atom. The summed E-state index contributed by atoms with van der Waals surface area (Å²) in [6.45, 7) is 6.97. The van der Waals surface area contributed by atoms with Crippen LogP contribution >= 0.6 is 11.6 Å². The predicted octanol–water partition coefficient (Wildman–Crippen LogP) is 3.18. The molecule has 1 heterocycles. The highest BCUT2D eigenvalue weighted by Crippen LogP contribution is 2.28. The van der Waals surface area contributed by atoms with E-state index in [1.165, 1.54) is 0 Å². The molecule has 1 aliphatic rings. The average molecular weight is 388 g/mol. The Kier molecular flexibility index (Phi) is 6.96. The fourth-order valence-electron chi connectivity index (χ4n) is 3.24. The summed E-state index contributed by atoms with van der Waals surface area (Å²) in [7, 11) is 0. The Morgan fingerprint density at radius 2 is 1.78 bits per heavy atom. The average Bonchev–Trinajstić information content (AvgIpc) is 2.69. The number of carbonyl (C=O) groups is 1. The first kappa shape index (κ1) is 19.5. The van der Waals surface area contributed by atoms with E-state index in [1.54, 1.807) is 0 Å². The van der Waals surface area contributed by atoms with Gasteiger partial charge in [-0.05, 0) is 30.7 Å².